The third-order valence-electron chi connectivity index (χ3n) is 6.97. The molecule has 2 bridgehead atoms. The minimum absolute atomic E-state index is 0.125. The van der Waals surface area contributed by atoms with E-state index in [4.69, 9.17) is 19.4 Å². The maximum Gasteiger partial charge on any atom is 0.251 e. The number of amides is 1. The van der Waals surface area contributed by atoms with E-state index in [1.165, 1.54) is 12.8 Å². The van der Waals surface area contributed by atoms with E-state index < -0.39 is 0 Å². The average molecular weight is 461 g/mol. The first-order valence-electron chi connectivity index (χ1n) is 11.9. The van der Waals surface area contributed by atoms with Crippen molar-refractivity contribution in [2.45, 2.75) is 31.0 Å². The summed E-state index contributed by atoms with van der Waals surface area (Å²) in [6.07, 6.45) is 3.98. The summed E-state index contributed by atoms with van der Waals surface area (Å²) in [5, 5.41) is 8.47. The predicted octanol–water partition coefficient (Wildman–Crippen LogP) is 2.20. The lowest BCUT2D eigenvalue weighted by Gasteiger charge is -2.45. The standard InChI is InChI=1S/C25H28N6O3/c1-26-25(32)17-4-2-3-16(11-17)21-8-5-18-12-27-24(29-23(18)28-21)22-13-30(9-10-34-22)31-19-6-7-20(31)15-33-14-19/h2-5,8,11-12,19-20,22H,6-7,9-10,13-15H2,1H3,(H,26,32). The summed E-state index contributed by atoms with van der Waals surface area (Å²) in [5.74, 6) is 0.529. The van der Waals surface area contributed by atoms with Crippen molar-refractivity contribution < 1.29 is 14.3 Å². The van der Waals surface area contributed by atoms with Crippen LogP contribution in [0.2, 0.25) is 0 Å². The molecule has 0 saturated carbocycles. The summed E-state index contributed by atoms with van der Waals surface area (Å²) in [4.78, 5) is 26.2. The number of nitrogens with zero attached hydrogens (tertiary/aromatic N) is 5. The Balaban J connectivity index is 1.26. The van der Waals surface area contributed by atoms with Gasteiger partial charge in [-0.2, -0.15) is 0 Å². The first-order valence-corrected chi connectivity index (χ1v) is 11.9. The predicted molar refractivity (Wildman–Crippen MR) is 126 cm³/mol. The molecule has 1 amide bonds. The Kier molecular flexibility index (Phi) is 5.70. The van der Waals surface area contributed by atoms with Gasteiger partial charge in [-0.1, -0.05) is 12.1 Å². The van der Waals surface area contributed by atoms with Gasteiger partial charge in [-0.05, 0) is 37.1 Å². The molecule has 0 aliphatic carbocycles. The highest BCUT2D eigenvalue weighted by Crippen LogP contribution is 2.33. The Morgan fingerprint density at radius 3 is 2.79 bits per heavy atom. The van der Waals surface area contributed by atoms with Gasteiger partial charge in [-0.3, -0.25) is 4.79 Å². The maximum absolute atomic E-state index is 12.0. The number of rotatable bonds is 4. The van der Waals surface area contributed by atoms with E-state index in [2.05, 4.69) is 20.3 Å². The largest absolute Gasteiger partial charge is 0.378 e. The van der Waals surface area contributed by atoms with Crippen LogP contribution in [0.4, 0.5) is 0 Å². The first kappa shape index (κ1) is 21.5. The molecule has 9 heteroatoms. The normalized spacial score (nSPS) is 25.5. The van der Waals surface area contributed by atoms with Crippen LogP contribution in [0.25, 0.3) is 22.3 Å². The molecule has 6 rings (SSSR count). The summed E-state index contributed by atoms with van der Waals surface area (Å²) >= 11 is 0. The second-order valence-corrected chi connectivity index (χ2v) is 9.07. The van der Waals surface area contributed by atoms with Gasteiger partial charge < -0.3 is 14.8 Å². The average Bonchev–Trinajstić information content (AvgIpc) is 3.15. The van der Waals surface area contributed by atoms with Crippen molar-refractivity contribution in [2.75, 3.05) is 40.0 Å². The number of carbonyl (C=O) groups excluding carboxylic acids is 1. The zero-order chi connectivity index (χ0) is 23.1. The van der Waals surface area contributed by atoms with E-state index in [0.717, 1.165) is 42.9 Å². The Morgan fingerprint density at radius 1 is 1.12 bits per heavy atom. The number of morpholine rings is 2. The highest BCUT2D eigenvalue weighted by Gasteiger charge is 2.42. The second-order valence-electron chi connectivity index (χ2n) is 9.07. The summed E-state index contributed by atoms with van der Waals surface area (Å²) in [6, 6.07) is 12.3. The van der Waals surface area contributed by atoms with Gasteiger partial charge in [0, 0.05) is 54.9 Å². The number of aromatic nitrogens is 3. The molecule has 2 aromatic heterocycles. The number of nitrogens with one attached hydrogen (secondary N) is 1. The summed E-state index contributed by atoms with van der Waals surface area (Å²) in [7, 11) is 1.63. The quantitative estimate of drug-likeness (QED) is 0.634. The van der Waals surface area contributed by atoms with Crippen LogP contribution in [-0.4, -0.2) is 82.9 Å². The number of hydrazine groups is 1. The molecule has 3 unspecified atom stereocenters. The number of ether oxygens (including phenoxy) is 2. The Bertz CT molecular complexity index is 1200. The summed E-state index contributed by atoms with van der Waals surface area (Å²) < 4.78 is 11.9. The molecule has 3 atom stereocenters. The van der Waals surface area contributed by atoms with E-state index in [-0.39, 0.29) is 12.0 Å². The van der Waals surface area contributed by atoms with Crippen LogP contribution in [0.15, 0.2) is 42.6 Å². The van der Waals surface area contributed by atoms with Gasteiger partial charge >= 0.3 is 0 Å². The van der Waals surface area contributed by atoms with Crippen LogP contribution in [-0.2, 0) is 9.47 Å². The minimum atomic E-state index is -0.206. The monoisotopic (exact) mass is 460 g/mol. The number of fused-ring (bicyclic) bond motifs is 3. The van der Waals surface area contributed by atoms with Crippen molar-refractivity contribution in [2.24, 2.45) is 0 Å². The smallest absolute Gasteiger partial charge is 0.251 e. The number of hydrogen-bond donors (Lipinski definition) is 1. The van der Waals surface area contributed by atoms with E-state index >= 15 is 0 Å². The number of benzene rings is 1. The lowest BCUT2D eigenvalue weighted by Crippen LogP contribution is -2.58. The molecule has 176 valence electrons. The minimum Gasteiger partial charge on any atom is -0.378 e. The van der Waals surface area contributed by atoms with Crippen LogP contribution >= 0.6 is 0 Å². The molecule has 3 fully saturated rings. The van der Waals surface area contributed by atoms with Gasteiger partial charge in [0.05, 0.1) is 25.5 Å². The lowest BCUT2D eigenvalue weighted by molar-refractivity contribution is -0.181. The van der Waals surface area contributed by atoms with Gasteiger partial charge in [0.15, 0.2) is 11.5 Å². The number of hydrogen-bond acceptors (Lipinski definition) is 8. The van der Waals surface area contributed by atoms with Gasteiger partial charge in [-0.25, -0.2) is 25.0 Å². The molecule has 3 aliphatic heterocycles. The summed E-state index contributed by atoms with van der Waals surface area (Å²) in [5.41, 5.74) is 2.85. The van der Waals surface area contributed by atoms with Gasteiger partial charge in [-0.15, -0.1) is 0 Å². The van der Waals surface area contributed by atoms with Crippen molar-refractivity contribution >= 4 is 16.9 Å². The van der Waals surface area contributed by atoms with E-state index in [0.29, 0.717) is 35.7 Å². The fraction of sp³-hybridized carbons (Fsp3) is 0.440. The maximum atomic E-state index is 12.0. The Morgan fingerprint density at radius 2 is 1.97 bits per heavy atom. The second kappa shape index (κ2) is 8.99. The third-order valence-corrected chi connectivity index (χ3v) is 6.97. The van der Waals surface area contributed by atoms with Gasteiger partial charge in [0.1, 0.15) is 6.10 Å². The highest BCUT2D eigenvalue weighted by molar-refractivity contribution is 5.95. The SMILES string of the molecule is CNC(=O)c1cccc(-c2ccc3cnc(C4CN(N5C6CCC5COC6)CCO4)nc3n2)c1. The van der Waals surface area contributed by atoms with Crippen LogP contribution in [0.1, 0.15) is 35.1 Å². The van der Waals surface area contributed by atoms with E-state index in [1.807, 2.05) is 36.5 Å². The molecule has 34 heavy (non-hydrogen) atoms. The van der Waals surface area contributed by atoms with Crippen LogP contribution in [0, 0.1) is 0 Å². The molecule has 1 aromatic carbocycles. The molecule has 0 radical (unpaired) electrons. The molecule has 3 aliphatic rings. The van der Waals surface area contributed by atoms with Gasteiger partial charge in [0.25, 0.3) is 5.91 Å². The third kappa shape index (κ3) is 3.94. The van der Waals surface area contributed by atoms with Crippen LogP contribution < -0.4 is 5.32 Å². The molecular weight excluding hydrogens is 432 g/mol. The lowest BCUT2D eigenvalue weighted by atomic mass is 10.1. The molecule has 3 saturated heterocycles. The molecule has 1 N–H and O–H groups in total. The zero-order valence-electron chi connectivity index (χ0n) is 19.2. The fourth-order valence-corrected chi connectivity index (χ4v) is 5.27. The van der Waals surface area contributed by atoms with Crippen molar-refractivity contribution in [3.63, 3.8) is 0 Å². The molecule has 3 aromatic rings. The van der Waals surface area contributed by atoms with Crippen molar-refractivity contribution in [1.82, 2.24) is 30.3 Å². The molecule has 5 heterocycles. The van der Waals surface area contributed by atoms with Crippen molar-refractivity contribution in [1.29, 1.82) is 0 Å². The zero-order valence-corrected chi connectivity index (χ0v) is 19.2. The van der Waals surface area contributed by atoms with Crippen molar-refractivity contribution in [3.05, 3.63) is 54.0 Å². The Labute approximate surface area is 198 Å². The van der Waals surface area contributed by atoms with Crippen LogP contribution in [0.3, 0.4) is 0 Å². The fourth-order valence-electron chi connectivity index (χ4n) is 5.27. The van der Waals surface area contributed by atoms with Crippen LogP contribution in [0.5, 0.6) is 0 Å². The van der Waals surface area contributed by atoms with Gasteiger partial charge in [0.2, 0.25) is 0 Å². The Hall–Kier alpha value is -2.98. The van der Waals surface area contributed by atoms with Crippen molar-refractivity contribution in [3.8, 4) is 11.3 Å². The molecular formula is C25H28N6O3. The molecule has 0 spiro atoms. The summed E-state index contributed by atoms with van der Waals surface area (Å²) in [6.45, 7) is 3.85. The topological polar surface area (TPSA) is 92.7 Å². The first-order chi connectivity index (χ1) is 16.7. The van der Waals surface area contributed by atoms with E-state index in [1.54, 1.807) is 13.1 Å². The highest BCUT2D eigenvalue weighted by atomic mass is 16.5. The van der Waals surface area contributed by atoms with E-state index in [9.17, 15) is 4.79 Å². The number of carbonyl (C=O) groups is 1. The number of pyridine rings is 1. The molecule has 9 nitrogen and oxygen atoms in total.